The molecular formula is C19H22Cl2N2O3S. The summed E-state index contributed by atoms with van der Waals surface area (Å²) in [5.74, 6) is -0.423. The number of halogens is 2. The van der Waals surface area contributed by atoms with Crippen molar-refractivity contribution in [1.29, 1.82) is 0 Å². The minimum atomic E-state index is -3.76. The third-order valence-corrected chi connectivity index (χ3v) is 5.70. The van der Waals surface area contributed by atoms with E-state index in [0.717, 1.165) is 21.7 Å². The van der Waals surface area contributed by atoms with Crippen molar-refractivity contribution >= 4 is 50.5 Å². The Kier molecular flexibility index (Phi) is 6.78. The SMILES string of the molecule is CC[C@H](C(=O)Nc1cc(C)ccc1C)N(c1cc(Cl)cc(Cl)c1)S(C)(=O)=O. The summed E-state index contributed by atoms with van der Waals surface area (Å²) in [5, 5.41) is 3.42. The van der Waals surface area contributed by atoms with Gasteiger partial charge < -0.3 is 5.32 Å². The van der Waals surface area contributed by atoms with Crippen LogP contribution in [0.3, 0.4) is 0 Å². The number of amides is 1. The predicted octanol–water partition coefficient (Wildman–Crippen LogP) is 4.79. The highest BCUT2D eigenvalue weighted by atomic mass is 35.5. The van der Waals surface area contributed by atoms with Gasteiger partial charge in [0.2, 0.25) is 15.9 Å². The summed E-state index contributed by atoms with van der Waals surface area (Å²) in [7, 11) is -3.76. The second kappa shape index (κ2) is 8.50. The van der Waals surface area contributed by atoms with Gasteiger partial charge in [-0.15, -0.1) is 0 Å². The first-order valence-electron chi connectivity index (χ1n) is 8.36. The lowest BCUT2D eigenvalue weighted by Gasteiger charge is -2.30. The third-order valence-electron chi connectivity index (χ3n) is 4.08. The molecule has 2 aromatic carbocycles. The number of nitrogens with zero attached hydrogens (tertiary/aromatic N) is 1. The second-order valence-electron chi connectivity index (χ2n) is 6.42. The largest absolute Gasteiger partial charge is 0.324 e. The normalized spacial score (nSPS) is 12.5. The monoisotopic (exact) mass is 428 g/mol. The first kappa shape index (κ1) is 21.5. The molecule has 0 unspecified atom stereocenters. The van der Waals surface area contributed by atoms with Crippen molar-refractivity contribution in [3.63, 3.8) is 0 Å². The average Bonchev–Trinajstić information content (AvgIpc) is 2.53. The van der Waals surface area contributed by atoms with Crippen molar-refractivity contribution in [1.82, 2.24) is 0 Å². The summed E-state index contributed by atoms with van der Waals surface area (Å²) in [4.78, 5) is 13.0. The number of carbonyl (C=O) groups is 1. The standard InChI is InChI=1S/C19H22Cl2N2O3S/c1-5-18(19(24)22-17-8-12(2)6-7-13(17)3)23(27(4,25)26)16-10-14(20)9-15(21)11-16/h6-11,18H,5H2,1-4H3,(H,22,24)/t18-/m1/s1. The summed E-state index contributed by atoms with van der Waals surface area (Å²) in [5.41, 5.74) is 2.78. The molecule has 2 aromatic rings. The molecule has 0 radical (unpaired) electrons. The lowest BCUT2D eigenvalue weighted by atomic mass is 10.1. The van der Waals surface area contributed by atoms with Crippen LogP contribution in [0, 0.1) is 13.8 Å². The molecule has 2 rings (SSSR count). The molecule has 0 bridgehead atoms. The van der Waals surface area contributed by atoms with Gasteiger partial charge in [-0.25, -0.2) is 8.42 Å². The number of benzene rings is 2. The van der Waals surface area contributed by atoms with Crippen LogP contribution < -0.4 is 9.62 Å². The van der Waals surface area contributed by atoms with Crippen LogP contribution in [0.2, 0.25) is 10.0 Å². The maximum atomic E-state index is 13.0. The van der Waals surface area contributed by atoms with Crippen LogP contribution in [0.1, 0.15) is 24.5 Å². The van der Waals surface area contributed by atoms with E-state index in [2.05, 4.69) is 5.32 Å². The Labute approximate surface area is 170 Å². The lowest BCUT2D eigenvalue weighted by molar-refractivity contribution is -0.117. The number of hydrogen-bond acceptors (Lipinski definition) is 3. The fourth-order valence-corrected chi connectivity index (χ4v) is 4.52. The minimum Gasteiger partial charge on any atom is -0.324 e. The average molecular weight is 429 g/mol. The lowest BCUT2D eigenvalue weighted by Crippen LogP contribution is -2.47. The molecule has 0 spiro atoms. The van der Waals surface area contributed by atoms with E-state index in [1.165, 1.54) is 18.2 Å². The summed E-state index contributed by atoms with van der Waals surface area (Å²) >= 11 is 12.1. The maximum absolute atomic E-state index is 13.0. The quantitative estimate of drug-likeness (QED) is 0.718. The van der Waals surface area contributed by atoms with Crippen LogP contribution in [0.25, 0.3) is 0 Å². The minimum absolute atomic E-state index is 0.248. The van der Waals surface area contributed by atoms with Gasteiger partial charge in [-0.1, -0.05) is 42.3 Å². The molecule has 5 nitrogen and oxygen atoms in total. The Morgan fingerprint density at radius 2 is 1.70 bits per heavy atom. The van der Waals surface area contributed by atoms with Crippen molar-refractivity contribution in [2.45, 2.75) is 33.2 Å². The zero-order chi connectivity index (χ0) is 20.4. The Hall–Kier alpha value is -1.76. The van der Waals surface area contributed by atoms with Gasteiger partial charge in [0, 0.05) is 15.7 Å². The number of sulfonamides is 1. The van der Waals surface area contributed by atoms with Crippen molar-refractivity contribution in [3.05, 3.63) is 57.6 Å². The Balaban J connectivity index is 2.46. The molecule has 1 atom stereocenters. The van der Waals surface area contributed by atoms with Gasteiger partial charge in [0.1, 0.15) is 6.04 Å². The maximum Gasteiger partial charge on any atom is 0.248 e. The van der Waals surface area contributed by atoms with Crippen molar-refractivity contribution < 1.29 is 13.2 Å². The highest BCUT2D eigenvalue weighted by Crippen LogP contribution is 2.30. The van der Waals surface area contributed by atoms with E-state index in [0.29, 0.717) is 5.69 Å². The molecule has 8 heteroatoms. The molecule has 0 fully saturated rings. The zero-order valence-electron chi connectivity index (χ0n) is 15.6. The summed E-state index contributed by atoms with van der Waals surface area (Å²) < 4.78 is 26.0. The molecule has 27 heavy (non-hydrogen) atoms. The molecule has 1 N–H and O–H groups in total. The first-order valence-corrected chi connectivity index (χ1v) is 11.0. The molecule has 0 heterocycles. The number of nitrogens with one attached hydrogen (secondary N) is 1. The van der Waals surface area contributed by atoms with E-state index < -0.39 is 22.0 Å². The molecular weight excluding hydrogens is 407 g/mol. The first-order chi connectivity index (χ1) is 12.5. The van der Waals surface area contributed by atoms with Crippen LogP contribution in [-0.2, 0) is 14.8 Å². The highest BCUT2D eigenvalue weighted by Gasteiger charge is 2.32. The topological polar surface area (TPSA) is 66.5 Å². The summed E-state index contributed by atoms with van der Waals surface area (Å²) in [6, 6.07) is 9.20. The molecule has 0 aliphatic heterocycles. The fourth-order valence-electron chi connectivity index (χ4n) is 2.81. The molecule has 0 saturated carbocycles. The number of hydrogen-bond donors (Lipinski definition) is 1. The van der Waals surface area contributed by atoms with Gasteiger partial charge in [-0.2, -0.15) is 0 Å². The molecule has 146 valence electrons. The summed E-state index contributed by atoms with van der Waals surface area (Å²) in [6.45, 7) is 5.54. The van der Waals surface area contributed by atoms with Crippen LogP contribution in [0.5, 0.6) is 0 Å². The van der Waals surface area contributed by atoms with Crippen LogP contribution in [-0.4, -0.2) is 26.6 Å². The van der Waals surface area contributed by atoms with E-state index in [4.69, 9.17) is 23.2 Å². The van der Waals surface area contributed by atoms with Crippen molar-refractivity contribution in [2.75, 3.05) is 15.9 Å². The highest BCUT2D eigenvalue weighted by molar-refractivity contribution is 7.92. The van der Waals surface area contributed by atoms with Gasteiger partial charge in [0.05, 0.1) is 11.9 Å². The Morgan fingerprint density at radius 3 is 2.22 bits per heavy atom. The van der Waals surface area contributed by atoms with E-state index >= 15 is 0 Å². The second-order valence-corrected chi connectivity index (χ2v) is 9.15. The van der Waals surface area contributed by atoms with Gasteiger partial charge >= 0.3 is 0 Å². The Bertz CT molecular complexity index is 941. The van der Waals surface area contributed by atoms with E-state index in [-0.39, 0.29) is 22.2 Å². The Morgan fingerprint density at radius 1 is 1.11 bits per heavy atom. The molecule has 1 amide bonds. The molecule has 0 aliphatic carbocycles. The molecule has 0 aromatic heterocycles. The molecule has 0 aliphatic rings. The zero-order valence-corrected chi connectivity index (χ0v) is 17.9. The van der Waals surface area contributed by atoms with E-state index in [1.54, 1.807) is 6.92 Å². The number of carbonyl (C=O) groups excluding carboxylic acids is 1. The smallest absolute Gasteiger partial charge is 0.248 e. The van der Waals surface area contributed by atoms with E-state index in [1.807, 2.05) is 32.0 Å². The van der Waals surface area contributed by atoms with Crippen LogP contribution in [0.15, 0.2) is 36.4 Å². The molecule has 0 saturated heterocycles. The fraction of sp³-hybridized carbons (Fsp3) is 0.316. The van der Waals surface area contributed by atoms with Gasteiger partial charge in [-0.05, 0) is 55.7 Å². The third kappa shape index (κ3) is 5.37. The number of rotatable bonds is 6. The van der Waals surface area contributed by atoms with Crippen LogP contribution >= 0.6 is 23.2 Å². The van der Waals surface area contributed by atoms with Crippen molar-refractivity contribution in [2.24, 2.45) is 0 Å². The van der Waals surface area contributed by atoms with E-state index in [9.17, 15) is 13.2 Å². The number of anilines is 2. The van der Waals surface area contributed by atoms with Gasteiger partial charge in [0.25, 0.3) is 0 Å². The van der Waals surface area contributed by atoms with Crippen molar-refractivity contribution in [3.8, 4) is 0 Å². The van der Waals surface area contributed by atoms with Crippen LogP contribution in [0.4, 0.5) is 11.4 Å². The summed E-state index contributed by atoms with van der Waals surface area (Å²) in [6.07, 6.45) is 1.32. The predicted molar refractivity (Wildman–Crippen MR) is 112 cm³/mol. The van der Waals surface area contributed by atoms with Gasteiger partial charge in [-0.3, -0.25) is 9.10 Å². The number of aryl methyl sites for hydroxylation is 2. The van der Waals surface area contributed by atoms with Gasteiger partial charge in [0.15, 0.2) is 0 Å².